The number of hydrogen-bond donors (Lipinski definition) is 0. The summed E-state index contributed by atoms with van der Waals surface area (Å²) >= 11 is 0. The Kier molecular flexibility index (Phi) is 9.52. The van der Waals surface area contributed by atoms with Gasteiger partial charge < -0.3 is 18.9 Å². The number of carbonyl (C=O) groups is 1. The molecule has 0 spiro atoms. The first-order valence-corrected chi connectivity index (χ1v) is 14.0. The van der Waals surface area contributed by atoms with Gasteiger partial charge in [-0.25, -0.2) is 4.39 Å². The van der Waals surface area contributed by atoms with E-state index in [4.69, 9.17) is 18.9 Å². The van der Waals surface area contributed by atoms with E-state index in [2.05, 4.69) is 32.9 Å². The minimum absolute atomic E-state index is 0.137. The molecule has 1 fully saturated rings. The maximum atomic E-state index is 15.1. The van der Waals surface area contributed by atoms with Crippen LogP contribution in [0.4, 0.5) is 4.39 Å². The predicted octanol–water partition coefficient (Wildman–Crippen LogP) is 8.26. The zero-order valence-corrected chi connectivity index (χ0v) is 24.5. The Morgan fingerprint density at radius 3 is 2.40 bits per heavy atom. The number of methoxy groups -OCH3 is 3. The highest BCUT2D eigenvalue weighted by molar-refractivity contribution is 5.71. The average molecular weight is 549 g/mol. The Bertz CT molecular complexity index is 1310. The van der Waals surface area contributed by atoms with Gasteiger partial charge in [0.2, 0.25) is 0 Å². The van der Waals surface area contributed by atoms with Gasteiger partial charge in [-0.2, -0.15) is 0 Å². The molecule has 4 rings (SSSR count). The van der Waals surface area contributed by atoms with Gasteiger partial charge in [-0.1, -0.05) is 45.0 Å². The van der Waals surface area contributed by atoms with Gasteiger partial charge in [-0.05, 0) is 95.2 Å². The number of rotatable bonds is 13. The van der Waals surface area contributed by atoms with Gasteiger partial charge in [0, 0.05) is 12.7 Å². The molecule has 0 unspecified atom stereocenters. The second-order valence-corrected chi connectivity index (χ2v) is 11.3. The lowest BCUT2D eigenvalue weighted by Gasteiger charge is -2.34. The fraction of sp³-hybridized carbons (Fsp3) is 0.441. The third kappa shape index (κ3) is 6.84. The van der Waals surface area contributed by atoms with E-state index < -0.39 is 0 Å². The molecule has 3 aromatic rings. The van der Waals surface area contributed by atoms with E-state index in [9.17, 15) is 4.79 Å². The molecular formula is C34H41FO5. The molecule has 40 heavy (non-hydrogen) atoms. The summed E-state index contributed by atoms with van der Waals surface area (Å²) in [6.45, 7) is 6.79. The molecule has 0 bridgehead atoms. The van der Waals surface area contributed by atoms with Crippen LogP contribution in [0.25, 0.3) is 11.1 Å². The van der Waals surface area contributed by atoms with Crippen LogP contribution in [0.15, 0.2) is 60.7 Å². The highest BCUT2D eigenvalue weighted by Crippen LogP contribution is 2.46. The molecule has 0 aliphatic heterocycles. The number of hydrogen-bond acceptors (Lipinski definition) is 5. The standard InChI is InChI=1S/C34H41FO5/c1-7-34(2,3)33(39-6)30-17-22(11-15-27(30)29-19-25(37-4)14-16-31(29)35)21-40-26-10-8-9-24(18-26)28(23-12-13-23)20-32(36)38-5/h8-11,14-19,23,28,33H,7,12-13,20-21H2,1-6H3/t28-,33+/m1/s1. The molecule has 3 aromatic carbocycles. The summed E-state index contributed by atoms with van der Waals surface area (Å²) < 4.78 is 37.7. The van der Waals surface area contributed by atoms with Crippen LogP contribution in [0.3, 0.4) is 0 Å². The maximum Gasteiger partial charge on any atom is 0.306 e. The molecule has 1 saturated carbocycles. The fourth-order valence-electron chi connectivity index (χ4n) is 5.37. The van der Waals surface area contributed by atoms with Crippen molar-refractivity contribution < 1.29 is 28.1 Å². The van der Waals surface area contributed by atoms with Crippen molar-refractivity contribution in [2.45, 2.75) is 65.1 Å². The molecule has 2 atom stereocenters. The Hall–Kier alpha value is -3.38. The first-order chi connectivity index (χ1) is 19.2. The summed E-state index contributed by atoms with van der Waals surface area (Å²) in [7, 11) is 4.71. The Balaban J connectivity index is 1.64. The predicted molar refractivity (Wildman–Crippen MR) is 155 cm³/mol. The van der Waals surface area contributed by atoms with E-state index >= 15 is 4.39 Å². The van der Waals surface area contributed by atoms with E-state index in [-0.39, 0.29) is 29.2 Å². The summed E-state index contributed by atoms with van der Waals surface area (Å²) in [5, 5.41) is 0. The van der Waals surface area contributed by atoms with E-state index in [1.807, 2.05) is 30.3 Å². The van der Waals surface area contributed by atoms with Gasteiger partial charge >= 0.3 is 5.97 Å². The van der Waals surface area contributed by atoms with Crippen molar-refractivity contribution in [3.05, 3.63) is 83.2 Å². The molecule has 0 saturated heterocycles. The maximum absolute atomic E-state index is 15.1. The number of ether oxygens (including phenoxy) is 4. The zero-order chi connectivity index (χ0) is 28.9. The van der Waals surface area contributed by atoms with Gasteiger partial charge in [0.15, 0.2) is 0 Å². The van der Waals surface area contributed by atoms with Crippen LogP contribution < -0.4 is 9.47 Å². The van der Waals surface area contributed by atoms with Crippen LogP contribution in [-0.2, 0) is 20.9 Å². The molecule has 0 radical (unpaired) electrons. The van der Waals surface area contributed by atoms with Crippen LogP contribution >= 0.6 is 0 Å². The van der Waals surface area contributed by atoms with E-state index in [1.165, 1.54) is 13.2 Å². The van der Waals surface area contributed by atoms with Crippen LogP contribution in [0, 0.1) is 17.2 Å². The smallest absolute Gasteiger partial charge is 0.306 e. The van der Waals surface area contributed by atoms with Crippen LogP contribution in [-0.4, -0.2) is 27.3 Å². The minimum Gasteiger partial charge on any atom is -0.497 e. The molecule has 6 heteroatoms. The fourth-order valence-corrected chi connectivity index (χ4v) is 5.37. The van der Waals surface area contributed by atoms with E-state index in [1.54, 1.807) is 26.4 Å². The summed E-state index contributed by atoms with van der Waals surface area (Å²) in [6, 6.07) is 18.8. The van der Waals surface area contributed by atoms with Gasteiger partial charge in [0.05, 0.1) is 26.7 Å². The van der Waals surface area contributed by atoms with Crippen molar-refractivity contribution >= 4 is 5.97 Å². The molecule has 0 heterocycles. The molecule has 1 aliphatic carbocycles. The molecular weight excluding hydrogens is 507 g/mol. The lowest BCUT2D eigenvalue weighted by Crippen LogP contribution is -2.24. The number of benzene rings is 3. The molecule has 0 amide bonds. The van der Waals surface area contributed by atoms with E-state index in [0.29, 0.717) is 30.3 Å². The number of esters is 1. The Morgan fingerprint density at radius 1 is 0.975 bits per heavy atom. The normalized spacial score (nSPS) is 14.9. The first-order valence-electron chi connectivity index (χ1n) is 14.0. The molecule has 1 aliphatic rings. The zero-order valence-electron chi connectivity index (χ0n) is 24.5. The SMILES string of the molecule is CCC(C)(C)[C@@H](OC)c1cc(COc2cccc([C@H](CC(=O)OC)C3CC3)c2)ccc1-c1cc(OC)ccc1F. The number of halogens is 1. The van der Waals surface area contributed by atoms with Crippen molar-refractivity contribution in [2.75, 3.05) is 21.3 Å². The monoisotopic (exact) mass is 548 g/mol. The van der Waals surface area contributed by atoms with Crippen molar-refractivity contribution in [1.29, 1.82) is 0 Å². The summed E-state index contributed by atoms with van der Waals surface area (Å²) in [5.41, 5.74) is 4.01. The second kappa shape index (κ2) is 12.9. The van der Waals surface area contributed by atoms with Gasteiger partial charge in [-0.3, -0.25) is 4.79 Å². The second-order valence-electron chi connectivity index (χ2n) is 11.3. The van der Waals surface area contributed by atoms with Crippen molar-refractivity contribution in [2.24, 2.45) is 11.3 Å². The largest absolute Gasteiger partial charge is 0.497 e. The Morgan fingerprint density at radius 2 is 1.75 bits per heavy atom. The third-order valence-electron chi connectivity index (χ3n) is 8.22. The van der Waals surface area contributed by atoms with Crippen molar-refractivity contribution in [3.63, 3.8) is 0 Å². The summed E-state index contributed by atoms with van der Waals surface area (Å²) in [6.07, 6.45) is 3.25. The van der Waals surface area contributed by atoms with Crippen LogP contribution in [0.5, 0.6) is 11.5 Å². The highest BCUT2D eigenvalue weighted by Gasteiger charge is 2.34. The van der Waals surface area contributed by atoms with Crippen molar-refractivity contribution in [3.8, 4) is 22.6 Å². The van der Waals surface area contributed by atoms with Gasteiger partial charge in [0.25, 0.3) is 0 Å². The Labute approximate surface area is 237 Å². The van der Waals surface area contributed by atoms with Crippen LogP contribution in [0.1, 0.15) is 75.2 Å². The summed E-state index contributed by atoms with van der Waals surface area (Å²) in [4.78, 5) is 12.0. The average Bonchev–Trinajstić information content (AvgIpc) is 3.81. The number of carbonyl (C=O) groups excluding carboxylic acids is 1. The van der Waals surface area contributed by atoms with Crippen LogP contribution in [0.2, 0.25) is 0 Å². The first kappa shape index (κ1) is 29.6. The van der Waals surface area contributed by atoms with Gasteiger partial charge in [-0.15, -0.1) is 0 Å². The molecule has 0 N–H and O–H groups in total. The summed E-state index contributed by atoms with van der Waals surface area (Å²) in [5.74, 6) is 1.48. The van der Waals surface area contributed by atoms with Crippen molar-refractivity contribution in [1.82, 2.24) is 0 Å². The topological polar surface area (TPSA) is 54.0 Å². The lowest BCUT2D eigenvalue weighted by molar-refractivity contribution is -0.141. The third-order valence-corrected chi connectivity index (χ3v) is 8.22. The molecule has 0 aromatic heterocycles. The van der Waals surface area contributed by atoms with E-state index in [0.717, 1.165) is 47.3 Å². The molecule has 214 valence electrons. The minimum atomic E-state index is -0.316. The lowest BCUT2D eigenvalue weighted by atomic mass is 9.77. The quantitative estimate of drug-likeness (QED) is 0.201. The molecule has 5 nitrogen and oxygen atoms in total. The highest BCUT2D eigenvalue weighted by atomic mass is 19.1. The van der Waals surface area contributed by atoms with Gasteiger partial charge in [0.1, 0.15) is 23.9 Å².